The van der Waals surface area contributed by atoms with E-state index in [4.69, 9.17) is 5.73 Å². The highest BCUT2D eigenvalue weighted by Crippen LogP contribution is 2.21. The van der Waals surface area contributed by atoms with E-state index in [-0.39, 0.29) is 29.8 Å². The molecule has 0 aromatic heterocycles. The summed E-state index contributed by atoms with van der Waals surface area (Å²) in [6.45, 7) is 3.42. The van der Waals surface area contributed by atoms with Crippen LogP contribution in [-0.4, -0.2) is 47.8 Å². The molecule has 7 heteroatoms. The van der Waals surface area contributed by atoms with E-state index in [1.54, 1.807) is 28.9 Å². The molecule has 2 aromatic carbocycles. The molecule has 2 amide bonds. The fourth-order valence-corrected chi connectivity index (χ4v) is 3.36. The third-order valence-corrected chi connectivity index (χ3v) is 4.99. The Bertz CT molecular complexity index is 829. The molecule has 28 heavy (non-hydrogen) atoms. The Morgan fingerprint density at radius 3 is 2.18 bits per heavy atom. The lowest BCUT2D eigenvalue weighted by atomic mass is 9.91. The highest BCUT2D eigenvalue weighted by atomic mass is 35.5. The number of hydrogen-bond acceptors (Lipinski definition) is 3. The molecule has 1 atom stereocenters. The lowest BCUT2D eigenvalue weighted by molar-refractivity contribution is -0.136. The van der Waals surface area contributed by atoms with Gasteiger partial charge in [-0.05, 0) is 31.0 Å². The van der Waals surface area contributed by atoms with Gasteiger partial charge >= 0.3 is 0 Å². The third kappa shape index (κ3) is 4.51. The van der Waals surface area contributed by atoms with Gasteiger partial charge in [-0.2, -0.15) is 0 Å². The van der Waals surface area contributed by atoms with Crippen molar-refractivity contribution in [3.8, 4) is 0 Å². The smallest absolute Gasteiger partial charge is 0.256 e. The first-order valence-corrected chi connectivity index (χ1v) is 9.09. The van der Waals surface area contributed by atoms with Crippen LogP contribution in [0.2, 0.25) is 0 Å². The fraction of sp³-hybridized carbons (Fsp3) is 0.333. The molecule has 1 aliphatic rings. The molecular formula is C21H25ClFN3O2. The molecule has 3 rings (SSSR count). The molecule has 150 valence electrons. The van der Waals surface area contributed by atoms with E-state index in [1.165, 1.54) is 12.1 Å². The van der Waals surface area contributed by atoms with E-state index in [2.05, 4.69) is 0 Å². The van der Waals surface area contributed by atoms with Crippen LogP contribution < -0.4 is 5.73 Å². The van der Waals surface area contributed by atoms with Crippen molar-refractivity contribution in [1.29, 1.82) is 0 Å². The zero-order valence-electron chi connectivity index (χ0n) is 15.8. The van der Waals surface area contributed by atoms with E-state index in [0.717, 1.165) is 5.56 Å². The van der Waals surface area contributed by atoms with E-state index in [1.807, 2.05) is 30.3 Å². The molecule has 2 aromatic rings. The van der Waals surface area contributed by atoms with E-state index in [0.29, 0.717) is 32.6 Å². The SMILES string of the molecule is CC(N)(C(=O)N1CCCN(C(=O)c2ccccc2F)CC1)c1ccccc1.Cl. The van der Waals surface area contributed by atoms with Crippen molar-refractivity contribution in [3.05, 3.63) is 71.5 Å². The van der Waals surface area contributed by atoms with Gasteiger partial charge in [-0.25, -0.2) is 4.39 Å². The summed E-state index contributed by atoms with van der Waals surface area (Å²) in [4.78, 5) is 28.9. The first-order chi connectivity index (χ1) is 12.9. The van der Waals surface area contributed by atoms with Crippen molar-refractivity contribution in [2.45, 2.75) is 18.9 Å². The van der Waals surface area contributed by atoms with Crippen molar-refractivity contribution < 1.29 is 14.0 Å². The second-order valence-electron chi connectivity index (χ2n) is 6.99. The summed E-state index contributed by atoms with van der Waals surface area (Å²) in [6.07, 6.45) is 0.622. The average molecular weight is 406 g/mol. The van der Waals surface area contributed by atoms with Gasteiger partial charge in [-0.1, -0.05) is 42.5 Å². The number of hydrogen-bond donors (Lipinski definition) is 1. The predicted octanol–water partition coefficient (Wildman–Crippen LogP) is 2.80. The Hall–Kier alpha value is -2.44. The van der Waals surface area contributed by atoms with Crippen LogP contribution in [0.1, 0.15) is 29.3 Å². The van der Waals surface area contributed by atoms with Crippen LogP contribution in [-0.2, 0) is 10.3 Å². The summed E-state index contributed by atoms with van der Waals surface area (Å²) >= 11 is 0. The molecule has 0 spiro atoms. The third-order valence-electron chi connectivity index (χ3n) is 4.99. The van der Waals surface area contributed by atoms with Crippen LogP contribution in [0.25, 0.3) is 0 Å². The first-order valence-electron chi connectivity index (χ1n) is 9.09. The maximum absolute atomic E-state index is 13.9. The number of amides is 2. The number of carbonyl (C=O) groups is 2. The lowest BCUT2D eigenvalue weighted by Gasteiger charge is -2.31. The van der Waals surface area contributed by atoms with Crippen LogP contribution in [0, 0.1) is 5.82 Å². The number of carbonyl (C=O) groups excluding carboxylic acids is 2. The highest BCUT2D eigenvalue weighted by Gasteiger charge is 2.35. The summed E-state index contributed by atoms with van der Waals surface area (Å²) < 4.78 is 13.9. The quantitative estimate of drug-likeness (QED) is 0.853. The average Bonchev–Trinajstić information content (AvgIpc) is 2.94. The monoisotopic (exact) mass is 405 g/mol. The van der Waals surface area contributed by atoms with Crippen molar-refractivity contribution in [3.63, 3.8) is 0 Å². The van der Waals surface area contributed by atoms with Crippen molar-refractivity contribution in [2.75, 3.05) is 26.2 Å². The molecule has 0 saturated carbocycles. The van der Waals surface area contributed by atoms with Crippen molar-refractivity contribution >= 4 is 24.2 Å². The highest BCUT2D eigenvalue weighted by molar-refractivity contribution is 5.94. The molecular weight excluding hydrogens is 381 g/mol. The van der Waals surface area contributed by atoms with Crippen molar-refractivity contribution in [2.24, 2.45) is 5.73 Å². The van der Waals surface area contributed by atoms with Gasteiger partial charge in [0.1, 0.15) is 11.4 Å². The van der Waals surface area contributed by atoms with E-state index >= 15 is 0 Å². The molecule has 0 radical (unpaired) electrons. The Kier molecular flexibility index (Phi) is 7.16. The number of rotatable bonds is 3. The zero-order chi connectivity index (χ0) is 19.4. The van der Waals surface area contributed by atoms with Gasteiger partial charge in [0, 0.05) is 26.2 Å². The number of nitrogens with two attached hydrogens (primary N) is 1. The Balaban J connectivity index is 0.00000280. The molecule has 0 aliphatic carbocycles. The Morgan fingerprint density at radius 1 is 0.929 bits per heavy atom. The summed E-state index contributed by atoms with van der Waals surface area (Å²) in [5, 5.41) is 0. The van der Waals surface area contributed by atoms with Gasteiger partial charge in [0.2, 0.25) is 5.91 Å². The summed E-state index contributed by atoms with van der Waals surface area (Å²) in [5.74, 6) is -1.05. The molecule has 1 fully saturated rings. The maximum Gasteiger partial charge on any atom is 0.256 e. The zero-order valence-corrected chi connectivity index (χ0v) is 16.6. The molecule has 0 bridgehead atoms. The van der Waals surface area contributed by atoms with Crippen LogP contribution in [0.15, 0.2) is 54.6 Å². The fourth-order valence-electron chi connectivity index (χ4n) is 3.36. The first kappa shape index (κ1) is 21.9. The van der Waals surface area contributed by atoms with Crippen LogP contribution in [0.4, 0.5) is 4.39 Å². The lowest BCUT2D eigenvalue weighted by Crippen LogP contribution is -2.51. The van der Waals surface area contributed by atoms with Crippen LogP contribution in [0.3, 0.4) is 0 Å². The summed E-state index contributed by atoms with van der Waals surface area (Å²) in [5.41, 5.74) is 6.02. The van der Waals surface area contributed by atoms with Crippen LogP contribution in [0.5, 0.6) is 0 Å². The Labute approximate surface area is 170 Å². The minimum atomic E-state index is -1.13. The van der Waals surface area contributed by atoms with Gasteiger partial charge < -0.3 is 15.5 Å². The molecule has 2 N–H and O–H groups in total. The van der Waals surface area contributed by atoms with Gasteiger partial charge in [-0.3, -0.25) is 9.59 Å². The molecule has 1 heterocycles. The van der Waals surface area contributed by atoms with Gasteiger partial charge in [0.05, 0.1) is 5.56 Å². The summed E-state index contributed by atoms with van der Waals surface area (Å²) in [6, 6.07) is 15.2. The van der Waals surface area contributed by atoms with Gasteiger partial charge in [0.15, 0.2) is 0 Å². The van der Waals surface area contributed by atoms with Gasteiger partial charge in [-0.15, -0.1) is 12.4 Å². The second-order valence-corrected chi connectivity index (χ2v) is 6.99. The minimum Gasteiger partial charge on any atom is -0.339 e. The largest absolute Gasteiger partial charge is 0.339 e. The standard InChI is InChI=1S/C21H24FN3O2.ClH/c1-21(23,16-8-3-2-4-9-16)20(27)25-13-7-12-24(14-15-25)19(26)17-10-5-6-11-18(17)22;/h2-6,8-11H,7,12-15,23H2,1H3;1H. The topological polar surface area (TPSA) is 66.6 Å². The maximum atomic E-state index is 13.9. The number of halogens is 2. The molecule has 5 nitrogen and oxygen atoms in total. The Morgan fingerprint density at radius 2 is 1.50 bits per heavy atom. The predicted molar refractivity (Wildman–Crippen MR) is 109 cm³/mol. The molecule has 1 saturated heterocycles. The van der Waals surface area contributed by atoms with E-state index in [9.17, 15) is 14.0 Å². The van der Waals surface area contributed by atoms with Gasteiger partial charge in [0.25, 0.3) is 5.91 Å². The summed E-state index contributed by atoms with van der Waals surface area (Å²) in [7, 11) is 0. The molecule has 1 aliphatic heterocycles. The van der Waals surface area contributed by atoms with Crippen molar-refractivity contribution in [1.82, 2.24) is 9.80 Å². The molecule has 1 unspecified atom stereocenters. The van der Waals surface area contributed by atoms with Crippen LogP contribution >= 0.6 is 12.4 Å². The van der Waals surface area contributed by atoms with E-state index < -0.39 is 11.4 Å². The number of nitrogens with zero attached hydrogens (tertiary/aromatic N) is 2. The number of benzene rings is 2. The normalized spacial score (nSPS) is 16.5. The minimum absolute atomic E-state index is 0. The second kappa shape index (κ2) is 9.17.